The molecule has 94 valence electrons. The second kappa shape index (κ2) is 4.70. The zero-order valence-corrected chi connectivity index (χ0v) is 11.3. The van der Waals surface area contributed by atoms with E-state index in [1.54, 1.807) is 0 Å². The first-order valence-electron chi connectivity index (χ1n) is 5.83. The van der Waals surface area contributed by atoms with Crippen molar-refractivity contribution in [2.45, 2.75) is 32.2 Å². The predicted octanol–water partition coefficient (Wildman–Crippen LogP) is 1.06. The molecule has 1 aliphatic heterocycles. The number of carbonyl (C=O) groups excluding carboxylic acids is 1. The highest BCUT2D eigenvalue weighted by molar-refractivity contribution is 7.07. The van der Waals surface area contributed by atoms with E-state index in [0.717, 1.165) is 31.6 Å². The van der Waals surface area contributed by atoms with Crippen LogP contribution < -0.4 is 5.32 Å². The van der Waals surface area contributed by atoms with Crippen molar-refractivity contribution in [3.05, 3.63) is 10.6 Å². The molecule has 0 aliphatic carbocycles. The molecule has 0 aromatic carbocycles. The molecule has 17 heavy (non-hydrogen) atoms. The average molecular weight is 254 g/mol. The third-order valence-corrected chi connectivity index (χ3v) is 4.42. The van der Waals surface area contributed by atoms with Gasteiger partial charge in [0.25, 0.3) is 5.91 Å². The van der Waals surface area contributed by atoms with Crippen molar-refractivity contribution in [2.75, 3.05) is 20.1 Å². The number of carbonyl (C=O) groups is 1. The Morgan fingerprint density at radius 3 is 2.59 bits per heavy atom. The maximum atomic E-state index is 12.2. The lowest BCUT2D eigenvalue weighted by Gasteiger charge is -2.39. The van der Waals surface area contributed by atoms with Gasteiger partial charge in [0.15, 0.2) is 0 Å². The Morgan fingerprint density at radius 2 is 2.12 bits per heavy atom. The highest BCUT2D eigenvalue weighted by Crippen LogP contribution is 2.23. The molecule has 1 fully saturated rings. The Hall–Kier alpha value is -1.01. The SMILES string of the molecule is CNC1(C)CCN(C(=O)c2snnc2C)CC1. The second-order valence-corrected chi connectivity index (χ2v) is 5.54. The van der Waals surface area contributed by atoms with Crippen LogP contribution in [-0.2, 0) is 0 Å². The molecule has 1 saturated heterocycles. The van der Waals surface area contributed by atoms with E-state index in [1.807, 2.05) is 18.9 Å². The van der Waals surface area contributed by atoms with Crippen molar-refractivity contribution in [1.82, 2.24) is 19.8 Å². The summed E-state index contributed by atoms with van der Waals surface area (Å²) in [5.41, 5.74) is 0.902. The van der Waals surface area contributed by atoms with Crippen LogP contribution in [0.15, 0.2) is 0 Å². The van der Waals surface area contributed by atoms with E-state index in [2.05, 4.69) is 21.8 Å². The van der Waals surface area contributed by atoms with Gasteiger partial charge in [-0.3, -0.25) is 4.79 Å². The van der Waals surface area contributed by atoms with Crippen LogP contribution in [0.3, 0.4) is 0 Å². The van der Waals surface area contributed by atoms with Crippen LogP contribution >= 0.6 is 11.5 Å². The van der Waals surface area contributed by atoms with Gasteiger partial charge in [0.1, 0.15) is 4.88 Å². The number of piperidine rings is 1. The van der Waals surface area contributed by atoms with Gasteiger partial charge in [-0.25, -0.2) is 0 Å². The Bertz CT molecular complexity index is 409. The van der Waals surface area contributed by atoms with Crippen molar-refractivity contribution >= 4 is 17.4 Å². The minimum atomic E-state index is 0.0793. The fourth-order valence-corrected chi connectivity index (χ4v) is 2.65. The van der Waals surface area contributed by atoms with Crippen LogP contribution in [0.1, 0.15) is 35.1 Å². The molecule has 1 aromatic rings. The topological polar surface area (TPSA) is 58.1 Å². The summed E-state index contributed by atoms with van der Waals surface area (Å²) >= 11 is 1.19. The Morgan fingerprint density at radius 1 is 1.47 bits per heavy atom. The van der Waals surface area contributed by atoms with Crippen LogP contribution in [0.5, 0.6) is 0 Å². The van der Waals surface area contributed by atoms with Gasteiger partial charge in [0.05, 0.1) is 5.69 Å². The number of nitrogens with one attached hydrogen (secondary N) is 1. The molecular weight excluding hydrogens is 236 g/mol. The lowest BCUT2D eigenvalue weighted by Crippen LogP contribution is -2.51. The molecule has 5 nitrogen and oxygen atoms in total. The molecule has 0 saturated carbocycles. The zero-order valence-electron chi connectivity index (χ0n) is 10.5. The molecule has 0 radical (unpaired) electrons. The Labute approximate surface area is 105 Å². The molecule has 0 bridgehead atoms. The summed E-state index contributed by atoms with van der Waals surface area (Å²) in [6, 6.07) is 0. The number of hydrogen-bond acceptors (Lipinski definition) is 5. The van der Waals surface area contributed by atoms with Crippen molar-refractivity contribution < 1.29 is 4.79 Å². The number of hydrogen-bond donors (Lipinski definition) is 1. The summed E-state index contributed by atoms with van der Waals surface area (Å²) in [4.78, 5) is 14.8. The number of rotatable bonds is 2. The van der Waals surface area contributed by atoms with E-state index >= 15 is 0 Å². The van der Waals surface area contributed by atoms with E-state index < -0.39 is 0 Å². The quantitative estimate of drug-likeness (QED) is 0.857. The van der Waals surface area contributed by atoms with Gasteiger partial charge in [0.2, 0.25) is 0 Å². The van der Waals surface area contributed by atoms with Gasteiger partial charge >= 0.3 is 0 Å². The smallest absolute Gasteiger partial charge is 0.267 e. The standard InChI is InChI=1S/C11H18N4OS/c1-8-9(17-14-13-8)10(16)15-6-4-11(2,12-3)5-7-15/h12H,4-7H2,1-3H3. The third kappa shape index (κ3) is 2.47. The largest absolute Gasteiger partial charge is 0.338 e. The average Bonchev–Trinajstić information content (AvgIpc) is 2.76. The van der Waals surface area contributed by atoms with E-state index in [4.69, 9.17) is 0 Å². The molecule has 1 amide bonds. The van der Waals surface area contributed by atoms with Gasteiger partial charge in [0, 0.05) is 18.6 Å². The van der Waals surface area contributed by atoms with E-state index in [1.165, 1.54) is 11.5 Å². The van der Waals surface area contributed by atoms with Gasteiger partial charge in [-0.15, -0.1) is 5.10 Å². The maximum Gasteiger partial charge on any atom is 0.267 e. The summed E-state index contributed by atoms with van der Waals surface area (Å²) in [6.45, 7) is 5.63. The lowest BCUT2D eigenvalue weighted by molar-refractivity contribution is 0.0666. The summed E-state index contributed by atoms with van der Waals surface area (Å²) in [5, 5.41) is 7.21. The summed E-state index contributed by atoms with van der Waals surface area (Å²) in [7, 11) is 1.98. The molecule has 2 heterocycles. The number of nitrogens with zero attached hydrogens (tertiary/aromatic N) is 3. The highest BCUT2D eigenvalue weighted by atomic mass is 32.1. The van der Waals surface area contributed by atoms with E-state index in [0.29, 0.717) is 4.88 Å². The van der Waals surface area contributed by atoms with Crippen LogP contribution in [0.4, 0.5) is 0 Å². The van der Waals surface area contributed by atoms with E-state index in [9.17, 15) is 4.79 Å². The first-order chi connectivity index (χ1) is 8.06. The maximum absolute atomic E-state index is 12.2. The Balaban J connectivity index is 2.02. The lowest BCUT2D eigenvalue weighted by atomic mass is 9.90. The van der Waals surface area contributed by atoms with Gasteiger partial charge in [-0.2, -0.15) is 0 Å². The van der Waals surface area contributed by atoms with Crippen LogP contribution in [-0.4, -0.2) is 46.1 Å². The van der Waals surface area contributed by atoms with E-state index in [-0.39, 0.29) is 11.4 Å². The minimum absolute atomic E-state index is 0.0793. The summed E-state index contributed by atoms with van der Waals surface area (Å²) < 4.78 is 3.81. The first kappa shape index (κ1) is 12.4. The fraction of sp³-hybridized carbons (Fsp3) is 0.727. The van der Waals surface area contributed by atoms with Crippen LogP contribution in [0, 0.1) is 6.92 Å². The molecule has 1 aliphatic rings. The molecule has 0 atom stereocenters. The molecule has 1 N–H and O–H groups in total. The number of aryl methyl sites for hydroxylation is 1. The Kier molecular flexibility index (Phi) is 3.44. The molecule has 0 unspecified atom stereocenters. The van der Waals surface area contributed by atoms with Crippen LogP contribution in [0.25, 0.3) is 0 Å². The molecular formula is C11H18N4OS. The normalized spacial score (nSPS) is 19.4. The number of likely N-dealkylation sites (tertiary alicyclic amines) is 1. The van der Waals surface area contributed by atoms with Crippen molar-refractivity contribution in [2.24, 2.45) is 0 Å². The molecule has 0 spiro atoms. The monoisotopic (exact) mass is 254 g/mol. The van der Waals surface area contributed by atoms with Crippen molar-refractivity contribution in [3.8, 4) is 0 Å². The predicted molar refractivity (Wildman–Crippen MR) is 67.2 cm³/mol. The van der Waals surface area contributed by atoms with Crippen molar-refractivity contribution in [1.29, 1.82) is 0 Å². The first-order valence-corrected chi connectivity index (χ1v) is 6.60. The molecule has 1 aromatic heterocycles. The van der Waals surface area contributed by atoms with Crippen LogP contribution in [0.2, 0.25) is 0 Å². The van der Waals surface area contributed by atoms with Gasteiger partial charge in [-0.05, 0) is 45.3 Å². The fourth-order valence-electron chi connectivity index (χ4n) is 2.02. The number of amides is 1. The molecule has 2 rings (SSSR count). The van der Waals surface area contributed by atoms with Crippen molar-refractivity contribution in [3.63, 3.8) is 0 Å². The second-order valence-electron chi connectivity index (χ2n) is 4.79. The third-order valence-electron chi connectivity index (χ3n) is 3.60. The number of aromatic nitrogens is 2. The summed E-state index contributed by atoms with van der Waals surface area (Å²) in [6.07, 6.45) is 1.97. The van der Waals surface area contributed by atoms with Gasteiger partial charge < -0.3 is 10.2 Å². The summed E-state index contributed by atoms with van der Waals surface area (Å²) in [5.74, 6) is 0.0793. The molecule has 6 heteroatoms. The zero-order chi connectivity index (χ0) is 12.5. The minimum Gasteiger partial charge on any atom is -0.338 e. The van der Waals surface area contributed by atoms with Gasteiger partial charge in [-0.1, -0.05) is 4.49 Å². The highest BCUT2D eigenvalue weighted by Gasteiger charge is 2.31.